The molecule has 0 fully saturated rings. The molecule has 0 aromatic heterocycles. The summed E-state index contributed by atoms with van der Waals surface area (Å²) in [6.45, 7) is 4.51. The van der Waals surface area contributed by atoms with Gasteiger partial charge in [0.05, 0.1) is 0 Å². The van der Waals surface area contributed by atoms with E-state index < -0.39 is 6.10 Å². The third-order valence-electron chi connectivity index (χ3n) is 3.52. The van der Waals surface area contributed by atoms with Gasteiger partial charge in [-0.1, -0.05) is 45.8 Å². The smallest absolute Gasteiger partial charge is 0.260 e. The van der Waals surface area contributed by atoms with Crippen LogP contribution in [0.3, 0.4) is 0 Å². The van der Waals surface area contributed by atoms with Gasteiger partial charge in [-0.3, -0.25) is 4.79 Å². The Morgan fingerprint density at radius 1 is 1.22 bits per heavy atom. The molecule has 1 amide bonds. The van der Waals surface area contributed by atoms with Crippen molar-refractivity contribution in [3.05, 3.63) is 64.1 Å². The highest BCUT2D eigenvalue weighted by Gasteiger charge is 2.13. The molecule has 0 heterocycles. The van der Waals surface area contributed by atoms with Gasteiger partial charge in [-0.2, -0.15) is 0 Å². The Kier molecular flexibility index (Phi) is 6.66. The molecule has 2 aromatic carbocycles. The van der Waals surface area contributed by atoms with Crippen molar-refractivity contribution in [2.75, 3.05) is 6.54 Å². The Bertz CT molecular complexity index is 640. The lowest BCUT2D eigenvalue weighted by molar-refractivity contribution is -0.127. The van der Waals surface area contributed by atoms with Crippen LogP contribution >= 0.6 is 15.9 Å². The van der Waals surface area contributed by atoms with E-state index in [1.807, 2.05) is 24.3 Å². The Morgan fingerprint density at radius 3 is 2.65 bits per heavy atom. The summed E-state index contributed by atoms with van der Waals surface area (Å²) in [5, 5.41) is 2.93. The number of carbonyl (C=O) groups excluding carboxylic acids is 1. The van der Waals surface area contributed by atoms with Gasteiger partial charge in [0.25, 0.3) is 5.91 Å². The number of halogens is 1. The molecule has 2 rings (SSSR count). The number of ether oxygens (including phenoxy) is 1. The van der Waals surface area contributed by atoms with Gasteiger partial charge >= 0.3 is 0 Å². The maximum atomic E-state index is 12.0. The second kappa shape index (κ2) is 8.73. The molecule has 122 valence electrons. The highest BCUT2D eigenvalue weighted by molar-refractivity contribution is 9.10. The molecule has 1 N–H and O–H groups in total. The molecule has 0 spiro atoms. The molecular formula is C19H22BrNO2. The molecule has 0 bridgehead atoms. The van der Waals surface area contributed by atoms with Crippen LogP contribution in [0.1, 0.15) is 24.5 Å². The lowest BCUT2D eigenvalue weighted by Gasteiger charge is -2.14. The Labute approximate surface area is 146 Å². The standard InChI is InChI=1S/C19H22BrNO2/c1-14-5-3-6-16(13-14)7-4-12-21-19(22)15(2)23-18-10-8-17(20)9-11-18/h3,5-6,8-11,13,15H,4,7,12H2,1-2H3,(H,21,22)/t15-/m1/s1. The van der Waals surface area contributed by atoms with Crippen LogP contribution in [0, 0.1) is 6.92 Å². The predicted molar refractivity (Wildman–Crippen MR) is 96.7 cm³/mol. The fraction of sp³-hybridized carbons (Fsp3) is 0.316. The van der Waals surface area contributed by atoms with E-state index in [1.165, 1.54) is 11.1 Å². The van der Waals surface area contributed by atoms with Crippen molar-refractivity contribution in [3.63, 3.8) is 0 Å². The number of amides is 1. The average molecular weight is 376 g/mol. The number of nitrogens with one attached hydrogen (secondary N) is 1. The zero-order chi connectivity index (χ0) is 16.7. The van der Waals surface area contributed by atoms with Gasteiger partial charge in [-0.05, 0) is 56.5 Å². The molecule has 1 atom stereocenters. The van der Waals surface area contributed by atoms with Gasteiger partial charge in [-0.25, -0.2) is 0 Å². The van der Waals surface area contributed by atoms with Gasteiger partial charge < -0.3 is 10.1 Å². The SMILES string of the molecule is Cc1cccc(CCCNC(=O)[C@@H](C)Oc2ccc(Br)cc2)c1. The molecule has 0 radical (unpaired) electrons. The first-order valence-corrected chi connectivity index (χ1v) is 8.59. The fourth-order valence-electron chi connectivity index (χ4n) is 2.29. The summed E-state index contributed by atoms with van der Waals surface area (Å²) in [5.74, 6) is 0.604. The zero-order valence-electron chi connectivity index (χ0n) is 13.5. The molecule has 3 nitrogen and oxygen atoms in total. The minimum atomic E-state index is -0.504. The summed E-state index contributed by atoms with van der Waals surface area (Å²) in [5.41, 5.74) is 2.57. The normalized spacial score (nSPS) is 11.8. The van der Waals surface area contributed by atoms with Crippen LogP contribution in [0.2, 0.25) is 0 Å². The first-order valence-electron chi connectivity index (χ1n) is 7.80. The number of hydrogen-bond acceptors (Lipinski definition) is 2. The Hall–Kier alpha value is -1.81. The monoisotopic (exact) mass is 375 g/mol. The van der Waals surface area contributed by atoms with E-state index in [-0.39, 0.29) is 5.91 Å². The summed E-state index contributed by atoms with van der Waals surface area (Å²) >= 11 is 3.37. The molecule has 23 heavy (non-hydrogen) atoms. The van der Waals surface area contributed by atoms with Gasteiger partial charge in [0.15, 0.2) is 6.10 Å². The van der Waals surface area contributed by atoms with Crippen LogP contribution in [0.4, 0.5) is 0 Å². The quantitative estimate of drug-likeness (QED) is 0.733. The zero-order valence-corrected chi connectivity index (χ0v) is 15.1. The molecule has 4 heteroatoms. The summed E-state index contributed by atoms with van der Waals surface area (Å²) in [6, 6.07) is 15.9. The fourth-order valence-corrected chi connectivity index (χ4v) is 2.55. The highest BCUT2D eigenvalue weighted by Crippen LogP contribution is 2.17. The third-order valence-corrected chi connectivity index (χ3v) is 4.05. The molecule has 2 aromatic rings. The lowest BCUT2D eigenvalue weighted by atomic mass is 10.1. The first kappa shape index (κ1) is 17.5. The summed E-state index contributed by atoms with van der Waals surface area (Å²) in [4.78, 5) is 12.0. The van der Waals surface area contributed by atoms with Crippen molar-refractivity contribution in [2.24, 2.45) is 0 Å². The number of aryl methyl sites for hydroxylation is 2. The average Bonchev–Trinajstić information content (AvgIpc) is 2.53. The van der Waals surface area contributed by atoms with Crippen LogP contribution in [-0.2, 0) is 11.2 Å². The van der Waals surface area contributed by atoms with E-state index in [4.69, 9.17) is 4.74 Å². The maximum Gasteiger partial charge on any atom is 0.260 e. The number of rotatable bonds is 7. The third kappa shape index (κ3) is 6.06. The number of benzene rings is 2. The number of hydrogen-bond donors (Lipinski definition) is 1. The van der Waals surface area contributed by atoms with Crippen molar-refractivity contribution in [3.8, 4) is 5.75 Å². The second-order valence-corrected chi connectivity index (χ2v) is 6.51. The van der Waals surface area contributed by atoms with E-state index >= 15 is 0 Å². The van der Waals surface area contributed by atoms with Crippen LogP contribution in [-0.4, -0.2) is 18.6 Å². The summed E-state index contributed by atoms with van der Waals surface area (Å²) in [7, 11) is 0. The molecule has 0 unspecified atom stereocenters. The Morgan fingerprint density at radius 2 is 1.96 bits per heavy atom. The lowest BCUT2D eigenvalue weighted by Crippen LogP contribution is -2.36. The molecule has 0 saturated carbocycles. The van der Waals surface area contributed by atoms with Gasteiger partial charge in [0.2, 0.25) is 0 Å². The summed E-state index contributed by atoms with van der Waals surface area (Å²) < 4.78 is 6.61. The van der Waals surface area contributed by atoms with Gasteiger partial charge in [0.1, 0.15) is 5.75 Å². The minimum Gasteiger partial charge on any atom is -0.481 e. The molecular weight excluding hydrogens is 354 g/mol. The highest BCUT2D eigenvalue weighted by atomic mass is 79.9. The topological polar surface area (TPSA) is 38.3 Å². The van der Waals surface area contributed by atoms with E-state index in [2.05, 4.69) is 52.4 Å². The van der Waals surface area contributed by atoms with Crippen molar-refractivity contribution in [1.29, 1.82) is 0 Å². The number of carbonyl (C=O) groups is 1. The van der Waals surface area contributed by atoms with Crippen molar-refractivity contribution < 1.29 is 9.53 Å². The molecule has 0 aliphatic carbocycles. The van der Waals surface area contributed by atoms with E-state index in [0.29, 0.717) is 12.3 Å². The van der Waals surface area contributed by atoms with Gasteiger partial charge in [-0.15, -0.1) is 0 Å². The molecule has 0 aliphatic heterocycles. The van der Waals surface area contributed by atoms with Crippen molar-refractivity contribution >= 4 is 21.8 Å². The second-order valence-electron chi connectivity index (χ2n) is 5.60. The maximum absolute atomic E-state index is 12.0. The predicted octanol–water partition coefficient (Wildman–Crippen LogP) is 4.27. The van der Waals surface area contributed by atoms with Crippen LogP contribution in [0.5, 0.6) is 5.75 Å². The van der Waals surface area contributed by atoms with Crippen LogP contribution in [0.15, 0.2) is 53.0 Å². The molecule has 0 saturated heterocycles. The largest absolute Gasteiger partial charge is 0.481 e. The van der Waals surface area contributed by atoms with E-state index in [0.717, 1.165) is 17.3 Å². The first-order chi connectivity index (χ1) is 11.0. The van der Waals surface area contributed by atoms with Crippen LogP contribution < -0.4 is 10.1 Å². The van der Waals surface area contributed by atoms with E-state index in [1.54, 1.807) is 6.92 Å². The van der Waals surface area contributed by atoms with Crippen molar-refractivity contribution in [1.82, 2.24) is 5.32 Å². The van der Waals surface area contributed by atoms with Crippen molar-refractivity contribution in [2.45, 2.75) is 32.8 Å². The van der Waals surface area contributed by atoms with Crippen LogP contribution in [0.25, 0.3) is 0 Å². The minimum absolute atomic E-state index is 0.0860. The molecule has 0 aliphatic rings. The Balaban J connectivity index is 1.70. The van der Waals surface area contributed by atoms with Gasteiger partial charge in [0, 0.05) is 11.0 Å². The summed E-state index contributed by atoms with van der Waals surface area (Å²) in [6.07, 6.45) is 1.37. The van der Waals surface area contributed by atoms with E-state index in [9.17, 15) is 4.79 Å².